The summed E-state index contributed by atoms with van der Waals surface area (Å²) in [7, 11) is 0. The van der Waals surface area contributed by atoms with Crippen molar-refractivity contribution in [3.05, 3.63) is 29.6 Å². The van der Waals surface area contributed by atoms with Crippen LogP contribution in [0.3, 0.4) is 0 Å². The summed E-state index contributed by atoms with van der Waals surface area (Å²) in [6, 6.07) is -0.374. The summed E-state index contributed by atoms with van der Waals surface area (Å²) in [6.45, 7) is 13.3. The summed E-state index contributed by atoms with van der Waals surface area (Å²) in [4.78, 5) is 12.1. The second-order valence-corrected chi connectivity index (χ2v) is 6.87. The van der Waals surface area contributed by atoms with Crippen molar-refractivity contribution in [2.45, 2.75) is 66.2 Å². The maximum Gasteiger partial charge on any atom is 0.315 e. The molecule has 0 saturated heterocycles. The van der Waals surface area contributed by atoms with Crippen molar-refractivity contribution in [3.63, 3.8) is 0 Å². The van der Waals surface area contributed by atoms with Crippen LogP contribution in [-0.4, -0.2) is 30.6 Å². The molecule has 0 aliphatic carbocycles. The van der Waals surface area contributed by atoms with E-state index in [0.717, 1.165) is 23.6 Å². The second-order valence-electron chi connectivity index (χ2n) is 6.87. The first kappa shape index (κ1) is 18.0. The van der Waals surface area contributed by atoms with Crippen molar-refractivity contribution < 1.29 is 4.79 Å². The van der Waals surface area contributed by atoms with E-state index in [0.29, 0.717) is 6.54 Å². The number of rotatable bonds is 5. The van der Waals surface area contributed by atoms with Gasteiger partial charge in [-0.3, -0.25) is 4.68 Å². The van der Waals surface area contributed by atoms with E-state index in [9.17, 15) is 4.79 Å². The smallest absolute Gasteiger partial charge is 0.315 e. The van der Waals surface area contributed by atoms with E-state index in [1.54, 1.807) is 6.33 Å². The van der Waals surface area contributed by atoms with E-state index in [4.69, 9.17) is 0 Å². The molecule has 2 heterocycles. The summed E-state index contributed by atoms with van der Waals surface area (Å²) >= 11 is 0. The lowest BCUT2D eigenvalue weighted by molar-refractivity contribution is 0.237. The number of nitrogens with one attached hydrogen (secondary N) is 2. The molecule has 132 valence electrons. The Balaban J connectivity index is 1.95. The van der Waals surface area contributed by atoms with Crippen molar-refractivity contribution in [1.82, 2.24) is 35.2 Å². The number of nitrogens with zero attached hydrogens (tertiary/aromatic N) is 5. The minimum Gasteiger partial charge on any atom is -0.332 e. The largest absolute Gasteiger partial charge is 0.332 e. The lowest BCUT2D eigenvalue weighted by Crippen LogP contribution is -2.37. The van der Waals surface area contributed by atoms with Crippen LogP contribution in [0.25, 0.3) is 0 Å². The molecule has 24 heavy (non-hydrogen) atoms. The molecule has 0 spiro atoms. The van der Waals surface area contributed by atoms with Crippen LogP contribution in [0, 0.1) is 6.92 Å². The minimum absolute atomic E-state index is 0.0881. The van der Waals surface area contributed by atoms with Crippen molar-refractivity contribution >= 4 is 6.03 Å². The summed E-state index contributed by atoms with van der Waals surface area (Å²) in [5, 5.41) is 18.1. The lowest BCUT2D eigenvalue weighted by atomic mass is 10.1. The van der Waals surface area contributed by atoms with Crippen LogP contribution >= 0.6 is 0 Å². The van der Waals surface area contributed by atoms with Crippen molar-refractivity contribution in [3.8, 4) is 0 Å². The van der Waals surface area contributed by atoms with Crippen LogP contribution in [0.15, 0.2) is 12.5 Å². The Morgan fingerprint density at radius 1 is 1.38 bits per heavy atom. The second kappa shape index (κ2) is 7.02. The summed E-state index contributed by atoms with van der Waals surface area (Å²) in [5.74, 6) is 0.733. The number of aromatic nitrogens is 5. The monoisotopic (exact) mass is 333 g/mol. The molecule has 8 heteroatoms. The first-order valence-corrected chi connectivity index (χ1v) is 8.20. The van der Waals surface area contributed by atoms with Gasteiger partial charge in [0.25, 0.3) is 0 Å². The van der Waals surface area contributed by atoms with E-state index >= 15 is 0 Å². The van der Waals surface area contributed by atoms with Gasteiger partial charge in [0.15, 0.2) is 5.82 Å². The van der Waals surface area contributed by atoms with Crippen LogP contribution in [0.1, 0.15) is 57.7 Å². The predicted octanol–water partition coefficient (Wildman–Crippen LogP) is 2.12. The highest BCUT2D eigenvalue weighted by Gasteiger charge is 2.20. The van der Waals surface area contributed by atoms with Gasteiger partial charge in [0.2, 0.25) is 0 Å². The molecule has 0 aliphatic rings. The zero-order valence-electron chi connectivity index (χ0n) is 15.3. The number of hydrogen-bond donors (Lipinski definition) is 2. The molecule has 2 N–H and O–H groups in total. The number of aryl methyl sites for hydroxylation is 2. The van der Waals surface area contributed by atoms with E-state index in [2.05, 4.69) is 46.7 Å². The van der Waals surface area contributed by atoms with Crippen LogP contribution in [0.5, 0.6) is 0 Å². The quantitative estimate of drug-likeness (QED) is 0.877. The standard InChI is InChI=1S/C16H27N7O/c1-7-22-10-18-20-14(22)8-17-15(24)19-11(2)13-9-23(16(4,5)6)21-12(13)3/h9-11H,7-8H2,1-6H3,(H2,17,19,24)/t11-/m1/s1. The first-order valence-electron chi connectivity index (χ1n) is 8.20. The van der Waals surface area contributed by atoms with Gasteiger partial charge in [0.05, 0.1) is 23.8 Å². The topological polar surface area (TPSA) is 89.7 Å². The summed E-state index contributed by atoms with van der Waals surface area (Å²) in [6.07, 6.45) is 3.65. The van der Waals surface area contributed by atoms with E-state index in [1.165, 1.54) is 0 Å². The van der Waals surface area contributed by atoms with Gasteiger partial charge in [-0.05, 0) is 41.5 Å². The van der Waals surface area contributed by atoms with Gasteiger partial charge < -0.3 is 15.2 Å². The number of amides is 2. The molecular weight excluding hydrogens is 306 g/mol. The van der Waals surface area contributed by atoms with Crippen LogP contribution < -0.4 is 10.6 Å². The zero-order valence-corrected chi connectivity index (χ0v) is 15.3. The van der Waals surface area contributed by atoms with E-state index in [1.807, 2.05) is 36.2 Å². The number of urea groups is 1. The van der Waals surface area contributed by atoms with Crippen molar-refractivity contribution in [2.24, 2.45) is 0 Å². The fourth-order valence-electron chi connectivity index (χ4n) is 2.41. The molecular formula is C16H27N7O. The van der Waals surface area contributed by atoms with Gasteiger partial charge in [-0.1, -0.05) is 0 Å². The Morgan fingerprint density at radius 2 is 2.08 bits per heavy atom. The maximum absolute atomic E-state index is 12.1. The molecule has 2 aromatic heterocycles. The highest BCUT2D eigenvalue weighted by Crippen LogP contribution is 2.20. The predicted molar refractivity (Wildman–Crippen MR) is 91.4 cm³/mol. The molecule has 0 saturated carbocycles. The minimum atomic E-state index is -0.240. The third-order valence-corrected chi connectivity index (χ3v) is 3.88. The lowest BCUT2D eigenvalue weighted by Gasteiger charge is -2.19. The van der Waals surface area contributed by atoms with Gasteiger partial charge in [0, 0.05) is 18.3 Å². The van der Waals surface area contributed by atoms with Crippen LogP contribution in [0.2, 0.25) is 0 Å². The Kier molecular flexibility index (Phi) is 5.26. The molecule has 0 unspecified atom stereocenters. The summed E-state index contributed by atoms with van der Waals surface area (Å²) < 4.78 is 3.82. The third-order valence-electron chi connectivity index (χ3n) is 3.88. The highest BCUT2D eigenvalue weighted by atomic mass is 16.2. The Morgan fingerprint density at radius 3 is 2.67 bits per heavy atom. The van der Waals surface area contributed by atoms with Gasteiger partial charge in [0.1, 0.15) is 6.33 Å². The molecule has 2 amide bonds. The summed E-state index contributed by atoms with van der Waals surface area (Å²) in [5.41, 5.74) is 1.84. The molecule has 0 fully saturated rings. The fourth-order valence-corrected chi connectivity index (χ4v) is 2.41. The number of hydrogen-bond acceptors (Lipinski definition) is 4. The SMILES string of the molecule is CCn1cnnc1CNC(=O)N[C@H](C)c1cn(C(C)(C)C)nc1C. The number of carbonyl (C=O) groups excluding carboxylic acids is 1. The normalized spacial score (nSPS) is 12.9. The molecule has 2 aromatic rings. The zero-order chi connectivity index (χ0) is 17.9. The fraction of sp³-hybridized carbons (Fsp3) is 0.625. The van der Waals surface area contributed by atoms with E-state index in [-0.39, 0.29) is 17.6 Å². The van der Waals surface area contributed by atoms with Gasteiger partial charge in [-0.25, -0.2) is 4.79 Å². The van der Waals surface area contributed by atoms with Gasteiger partial charge >= 0.3 is 6.03 Å². The Hall–Kier alpha value is -2.38. The maximum atomic E-state index is 12.1. The molecule has 0 aromatic carbocycles. The van der Waals surface area contributed by atoms with Gasteiger partial charge in [-0.2, -0.15) is 5.10 Å². The molecule has 2 rings (SSSR count). The average Bonchev–Trinajstić information content (AvgIpc) is 3.10. The van der Waals surface area contributed by atoms with Crippen LogP contribution in [-0.2, 0) is 18.6 Å². The van der Waals surface area contributed by atoms with Gasteiger partial charge in [-0.15, -0.1) is 10.2 Å². The average molecular weight is 333 g/mol. The third kappa shape index (κ3) is 4.12. The molecule has 0 bridgehead atoms. The first-order chi connectivity index (χ1) is 11.2. The Bertz CT molecular complexity index is 696. The highest BCUT2D eigenvalue weighted by molar-refractivity contribution is 5.74. The molecule has 1 atom stereocenters. The molecule has 0 aliphatic heterocycles. The van der Waals surface area contributed by atoms with E-state index < -0.39 is 0 Å². The van der Waals surface area contributed by atoms with Crippen molar-refractivity contribution in [1.29, 1.82) is 0 Å². The molecule has 0 radical (unpaired) electrons. The molecule has 8 nitrogen and oxygen atoms in total. The van der Waals surface area contributed by atoms with Crippen molar-refractivity contribution in [2.75, 3.05) is 0 Å². The van der Waals surface area contributed by atoms with Crippen LogP contribution in [0.4, 0.5) is 4.79 Å². The number of carbonyl (C=O) groups is 1. The Labute approximate surface area is 142 Å².